The van der Waals surface area contributed by atoms with Crippen LogP contribution in [0, 0.1) is 17.5 Å². The number of nitrogens with zero attached hydrogens (tertiary/aromatic N) is 1. The van der Waals surface area contributed by atoms with E-state index in [1.807, 2.05) is 0 Å². The minimum atomic E-state index is -4.08. The van der Waals surface area contributed by atoms with Crippen molar-refractivity contribution in [2.75, 3.05) is 25.5 Å². The number of benzene rings is 2. The second-order valence-electron chi connectivity index (χ2n) is 5.86. The average molecular weight is 418 g/mol. The molecule has 2 aromatic carbocycles. The third-order valence-electron chi connectivity index (χ3n) is 3.72. The molecule has 2 rings (SSSR count). The first-order chi connectivity index (χ1) is 13.1. The zero-order valence-electron chi connectivity index (χ0n) is 14.6. The summed E-state index contributed by atoms with van der Waals surface area (Å²) < 4.78 is 65.3. The van der Waals surface area contributed by atoms with Crippen molar-refractivity contribution in [3.8, 4) is 0 Å². The number of amides is 1. The first-order valence-corrected chi connectivity index (χ1v) is 9.31. The Balaban J connectivity index is 2.26. The normalized spacial score (nSPS) is 12.8. The molecule has 0 heterocycles. The molecule has 0 saturated heterocycles. The Hall–Kier alpha value is -2.47. The van der Waals surface area contributed by atoms with E-state index in [-0.39, 0.29) is 22.7 Å². The molecule has 1 amide bonds. The first-order valence-electron chi connectivity index (χ1n) is 7.87. The van der Waals surface area contributed by atoms with Gasteiger partial charge in [0, 0.05) is 37.0 Å². The molecule has 7 nitrogen and oxygen atoms in total. The molecule has 0 saturated carbocycles. The highest BCUT2D eigenvalue weighted by atomic mass is 32.2. The predicted octanol–water partition coefficient (Wildman–Crippen LogP) is 1.33. The standard InChI is InChI=1S/C17H17F3N2O5S/c1-22(8-12(24)9-23)28(26,27)13-4-2-3-10(5-13)17(25)21-11-6-14(18)16(20)15(19)7-11/h2-7,12,23-24H,8-9H2,1H3,(H,21,25). The van der Waals surface area contributed by atoms with Crippen LogP contribution >= 0.6 is 0 Å². The molecule has 152 valence electrons. The van der Waals surface area contributed by atoms with Crippen molar-refractivity contribution < 1.29 is 36.6 Å². The number of hydrogen-bond acceptors (Lipinski definition) is 5. The van der Waals surface area contributed by atoms with Crippen LogP contribution in [0.4, 0.5) is 18.9 Å². The second kappa shape index (κ2) is 8.69. The lowest BCUT2D eigenvalue weighted by atomic mass is 10.2. The Morgan fingerprint density at radius 3 is 2.36 bits per heavy atom. The number of carbonyl (C=O) groups excluding carboxylic acids is 1. The van der Waals surface area contributed by atoms with Crippen LogP contribution < -0.4 is 5.32 Å². The van der Waals surface area contributed by atoms with Crippen molar-refractivity contribution in [3.63, 3.8) is 0 Å². The van der Waals surface area contributed by atoms with Gasteiger partial charge in [0.15, 0.2) is 17.5 Å². The molecular formula is C17H17F3N2O5S. The Kier molecular flexibility index (Phi) is 6.77. The van der Waals surface area contributed by atoms with Crippen LogP contribution in [0.3, 0.4) is 0 Å². The summed E-state index contributed by atoms with van der Waals surface area (Å²) in [6.07, 6.45) is -1.28. The second-order valence-corrected chi connectivity index (χ2v) is 7.90. The fourth-order valence-corrected chi connectivity index (χ4v) is 3.52. The number of aliphatic hydroxyl groups is 2. The third-order valence-corrected chi connectivity index (χ3v) is 5.54. The van der Waals surface area contributed by atoms with Gasteiger partial charge in [0.05, 0.1) is 17.6 Å². The van der Waals surface area contributed by atoms with Gasteiger partial charge in [0.25, 0.3) is 5.91 Å². The molecule has 0 aliphatic heterocycles. The number of aliphatic hydroxyl groups excluding tert-OH is 2. The molecule has 2 aromatic rings. The van der Waals surface area contributed by atoms with Crippen LogP contribution in [0.2, 0.25) is 0 Å². The topological polar surface area (TPSA) is 107 Å². The Morgan fingerprint density at radius 2 is 1.79 bits per heavy atom. The lowest BCUT2D eigenvalue weighted by Crippen LogP contribution is -2.36. The summed E-state index contributed by atoms with van der Waals surface area (Å²) in [6.45, 7) is -1.00. The van der Waals surface area contributed by atoms with Gasteiger partial charge in [-0.05, 0) is 18.2 Å². The third kappa shape index (κ3) is 4.87. The zero-order valence-corrected chi connectivity index (χ0v) is 15.4. The summed E-state index contributed by atoms with van der Waals surface area (Å²) >= 11 is 0. The van der Waals surface area contributed by atoms with Crippen molar-refractivity contribution in [3.05, 3.63) is 59.4 Å². The van der Waals surface area contributed by atoms with Crippen molar-refractivity contribution in [1.29, 1.82) is 0 Å². The van der Waals surface area contributed by atoms with E-state index in [4.69, 9.17) is 5.11 Å². The van der Waals surface area contributed by atoms with Gasteiger partial charge >= 0.3 is 0 Å². The van der Waals surface area contributed by atoms with E-state index >= 15 is 0 Å². The van der Waals surface area contributed by atoms with Crippen molar-refractivity contribution in [2.24, 2.45) is 0 Å². The largest absolute Gasteiger partial charge is 0.394 e. The SMILES string of the molecule is CN(CC(O)CO)S(=O)(=O)c1cccc(C(=O)Nc2cc(F)c(F)c(F)c2)c1. The monoisotopic (exact) mass is 418 g/mol. The molecule has 11 heteroatoms. The van der Waals surface area contributed by atoms with E-state index in [1.165, 1.54) is 25.2 Å². The molecule has 0 aliphatic rings. The van der Waals surface area contributed by atoms with Crippen LogP contribution in [0.15, 0.2) is 41.3 Å². The Bertz CT molecular complexity index is 962. The maximum atomic E-state index is 13.2. The number of carbonyl (C=O) groups is 1. The van der Waals surface area contributed by atoms with E-state index in [9.17, 15) is 31.5 Å². The summed E-state index contributed by atoms with van der Waals surface area (Å²) in [6, 6.07) is 5.97. The maximum Gasteiger partial charge on any atom is 0.255 e. The van der Waals surface area contributed by atoms with E-state index in [0.29, 0.717) is 12.1 Å². The zero-order chi connectivity index (χ0) is 21.1. The molecule has 1 unspecified atom stereocenters. The summed E-state index contributed by atoms with van der Waals surface area (Å²) in [5.74, 6) is -5.54. The molecule has 0 aromatic heterocycles. The molecule has 0 aliphatic carbocycles. The van der Waals surface area contributed by atoms with Crippen LogP contribution in [-0.4, -0.2) is 55.1 Å². The van der Waals surface area contributed by atoms with Gasteiger partial charge in [-0.1, -0.05) is 6.07 Å². The van der Waals surface area contributed by atoms with Crippen molar-refractivity contribution >= 4 is 21.6 Å². The number of halogens is 3. The highest BCUT2D eigenvalue weighted by Crippen LogP contribution is 2.20. The van der Waals surface area contributed by atoms with Crippen LogP contribution in [0.1, 0.15) is 10.4 Å². The minimum Gasteiger partial charge on any atom is -0.394 e. The van der Waals surface area contributed by atoms with Crippen molar-refractivity contribution in [1.82, 2.24) is 4.31 Å². The molecule has 0 spiro atoms. The van der Waals surface area contributed by atoms with Gasteiger partial charge in [0.1, 0.15) is 0 Å². The van der Waals surface area contributed by atoms with Crippen LogP contribution in [-0.2, 0) is 10.0 Å². The number of likely N-dealkylation sites (N-methyl/N-ethyl adjacent to an activating group) is 1. The van der Waals surface area contributed by atoms with Crippen LogP contribution in [0.25, 0.3) is 0 Å². The summed E-state index contributed by atoms with van der Waals surface area (Å²) in [7, 11) is -2.89. The van der Waals surface area contributed by atoms with Crippen LogP contribution in [0.5, 0.6) is 0 Å². The fourth-order valence-electron chi connectivity index (χ4n) is 2.26. The maximum absolute atomic E-state index is 13.2. The highest BCUT2D eigenvalue weighted by Gasteiger charge is 2.24. The molecule has 28 heavy (non-hydrogen) atoms. The average Bonchev–Trinajstić information content (AvgIpc) is 2.65. The molecular weight excluding hydrogens is 401 g/mol. The van der Waals surface area contributed by atoms with Gasteiger partial charge in [-0.2, -0.15) is 4.31 Å². The smallest absolute Gasteiger partial charge is 0.255 e. The Labute approximate surface area is 159 Å². The van der Waals surface area contributed by atoms with E-state index in [0.717, 1.165) is 10.4 Å². The summed E-state index contributed by atoms with van der Waals surface area (Å²) in [5.41, 5.74) is -0.486. The molecule has 3 N–H and O–H groups in total. The molecule has 1 atom stereocenters. The molecule has 0 bridgehead atoms. The lowest BCUT2D eigenvalue weighted by Gasteiger charge is -2.19. The van der Waals surface area contributed by atoms with E-state index in [1.54, 1.807) is 0 Å². The quantitative estimate of drug-likeness (QED) is 0.588. The van der Waals surface area contributed by atoms with Gasteiger partial charge < -0.3 is 15.5 Å². The van der Waals surface area contributed by atoms with Gasteiger partial charge in [-0.25, -0.2) is 21.6 Å². The van der Waals surface area contributed by atoms with Gasteiger partial charge in [-0.15, -0.1) is 0 Å². The number of nitrogens with one attached hydrogen (secondary N) is 1. The van der Waals surface area contributed by atoms with Gasteiger partial charge in [0.2, 0.25) is 10.0 Å². The van der Waals surface area contributed by atoms with Crippen molar-refractivity contribution in [2.45, 2.75) is 11.0 Å². The minimum absolute atomic E-state index is 0.137. The fraction of sp³-hybridized carbons (Fsp3) is 0.235. The first kappa shape index (κ1) is 21.8. The van der Waals surface area contributed by atoms with E-state index < -0.39 is 46.1 Å². The number of rotatable bonds is 7. The van der Waals surface area contributed by atoms with E-state index in [2.05, 4.69) is 5.32 Å². The van der Waals surface area contributed by atoms with Gasteiger partial charge in [-0.3, -0.25) is 4.79 Å². The summed E-state index contributed by atoms with van der Waals surface area (Å²) in [5, 5.41) is 20.4. The molecule has 0 radical (unpaired) electrons. The molecule has 0 fully saturated rings. The number of hydrogen-bond donors (Lipinski definition) is 3. The number of sulfonamides is 1. The highest BCUT2D eigenvalue weighted by molar-refractivity contribution is 7.89. The predicted molar refractivity (Wildman–Crippen MR) is 93.6 cm³/mol. The number of anilines is 1. The summed E-state index contributed by atoms with van der Waals surface area (Å²) in [4.78, 5) is 12.0. The Morgan fingerprint density at radius 1 is 1.18 bits per heavy atom. The lowest BCUT2D eigenvalue weighted by molar-refractivity contribution is 0.0826.